The van der Waals surface area contributed by atoms with E-state index >= 15 is 0 Å². The van der Waals surface area contributed by atoms with Crippen LogP contribution in [-0.4, -0.2) is 33.9 Å². The average molecular weight is 425 g/mol. The Morgan fingerprint density at radius 1 is 1.10 bits per heavy atom. The molecule has 1 aliphatic heterocycles. The van der Waals surface area contributed by atoms with Gasteiger partial charge in [0.15, 0.2) is 0 Å². The molecule has 1 atom stereocenters. The molecule has 1 saturated heterocycles. The molecule has 2 aromatic carbocycles. The maximum Gasteiger partial charge on any atom is 0.387 e. The first-order valence-corrected chi connectivity index (χ1v) is 9.87. The minimum atomic E-state index is -2.89. The lowest BCUT2D eigenvalue weighted by Crippen LogP contribution is -2.41. The fourth-order valence-electron chi connectivity index (χ4n) is 3.65. The summed E-state index contributed by atoms with van der Waals surface area (Å²) in [4.78, 5) is 26.8. The molecule has 160 valence electrons. The van der Waals surface area contributed by atoms with Gasteiger partial charge >= 0.3 is 6.61 Å². The molecule has 1 fully saturated rings. The molecule has 31 heavy (non-hydrogen) atoms. The molecule has 2 heterocycles. The first-order valence-electron chi connectivity index (χ1n) is 9.87. The van der Waals surface area contributed by atoms with Crippen LogP contribution in [0.4, 0.5) is 14.5 Å². The molecule has 3 aromatic rings. The van der Waals surface area contributed by atoms with Gasteiger partial charge in [0, 0.05) is 36.7 Å². The van der Waals surface area contributed by atoms with Crippen molar-refractivity contribution in [1.29, 1.82) is 0 Å². The number of benzene rings is 2. The molecule has 2 amide bonds. The molecular formula is C23H21F2N3O3. The molecule has 1 aliphatic rings. The van der Waals surface area contributed by atoms with Crippen molar-refractivity contribution in [3.05, 3.63) is 78.6 Å². The summed E-state index contributed by atoms with van der Waals surface area (Å²) in [7, 11) is 0. The summed E-state index contributed by atoms with van der Waals surface area (Å²) < 4.78 is 30.9. The molecule has 0 bridgehead atoms. The minimum absolute atomic E-state index is 0.0448. The Labute approximate surface area is 178 Å². The van der Waals surface area contributed by atoms with Crippen LogP contribution in [0.25, 0.3) is 5.69 Å². The van der Waals surface area contributed by atoms with Gasteiger partial charge in [-0.1, -0.05) is 18.2 Å². The van der Waals surface area contributed by atoms with Gasteiger partial charge in [-0.15, -0.1) is 0 Å². The maximum atomic E-state index is 12.9. The van der Waals surface area contributed by atoms with Crippen molar-refractivity contribution in [3.63, 3.8) is 0 Å². The highest BCUT2D eigenvalue weighted by atomic mass is 19.3. The van der Waals surface area contributed by atoms with Gasteiger partial charge in [0.25, 0.3) is 0 Å². The number of nitrogens with zero attached hydrogens (tertiary/aromatic N) is 2. The lowest BCUT2D eigenvalue weighted by atomic mass is 10.1. The van der Waals surface area contributed by atoms with Gasteiger partial charge in [0.1, 0.15) is 11.8 Å². The maximum absolute atomic E-state index is 12.9. The lowest BCUT2D eigenvalue weighted by molar-refractivity contribution is -0.133. The second-order valence-electron chi connectivity index (χ2n) is 7.23. The molecule has 0 radical (unpaired) electrons. The number of amides is 2. The fraction of sp³-hybridized carbons (Fsp3) is 0.217. The van der Waals surface area contributed by atoms with E-state index in [1.165, 1.54) is 17.0 Å². The van der Waals surface area contributed by atoms with E-state index in [1.54, 1.807) is 18.2 Å². The third-order valence-electron chi connectivity index (χ3n) is 5.15. The first kappa shape index (κ1) is 20.6. The zero-order valence-electron chi connectivity index (χ0n) is 16.6. The van der Waals surface area contributed by atoms with Crippen LogP contribution in [0.1, 0.15) is 18.4 Å². The van der Waals surface area contributed by atoms with Crippen molar-refractivity contribution in [2.45, 2.75) is 32.0 Å². The Hall–Kier alpha value is -3.68. The molecule has 4 rings (SSSR count). The van der Waals surface area contributed by atoms with Crippen molar-refractivity contribution in [1.82, 2.24) is 9.47 Å². The Morgan fingerprint density at radius 3 is 2.55 bits per heavy atom. The second-order valence-corrected chi connectivity index (χ2v) is 7.23. The number of ether oxygens (including phenoxy) is 1. The van der Waals surface area contributed by atoms with Crippen molar-refractivity contribution < 1.29 is 23.1 Å². The SMILES string of the molecule is O=C(Nc1cccc(-n2cccc2)c1)C1CCC(=O)N1Cc1ccc(OC(F)F)cc1. The summed E-state index contributed by atoms with van der Waals surface area (Å²) in [6.07, 6.45) is 4.54. The van der Waals surface area contributed by atoms with E-state index in [4.69, 9.17) is 0 Å². The predicted molar refractivity (Wildman–Crippen MR) is 111 cm³/mol. The molecule has 0 spiro atoms. The number of nitrogens with one attached hydrogen (secondary N) is 1. The first-order chi connectivity index (χ1) is 15.0. The highest BCUT2D eigenvalue weighted by molar-refractivity contribution is 5.99. The van der Waals surface area contributed by atoms with Crippen molar-refractivity contribution >= 4 is 17.5 Å². The Balaban J connectivity index is 1.44. The molecular weight excluding hydrogens is 404 g/mol. The van der Waals surface area contributed by atoms with Crippen LogP contribution in [0.5, 0.6) is 5.75 Å². The van der Waals surface area contributed by atoms with Crippen LogP contribution in [0, 0.1) is 0 Å². The Kier molecular flexibility index (Phi) is 5.97. The van der Waals surface area contributed by atoms with Crippen LogP contribution in [0.2, 0.25) is 0 Å². The van der Waals surface area contributed by atoms with E-state index in [9.17, 15) is 18.4 Å². The van der Waals surface area contributed by atoms with Crippen LogP contribution in [-0.2, 0) is 16.1 Å². The Morgan fingerprint density at radius 2 is 1.84 bits per heavy atom. The molecule has 1 N–H and O–H groups in total. The third-order valence-corrected chi connectivity index (χ3v) is 5.15. The second kappa shape index (κ2) is 8.99. The van der Waals surface area contributed by atoms with Crippen LogP contribution >= 0.6 is 0 Å². The van der Waals surface area contributed by atoms with Crippen LogP contribution < -0.4 is 10.1 Å². The molecule has 0 aliphatic carbocycles. The summed E-state index contributed by atoms with van der Waals surface area (Å²) >= 11 is 0. The predicted octanol–water partition coefficient (Wildman–Crippen LogP) is 4.21. The summed E-state index contributed by atoms with van der Waals surface area (Å²) in [6, 6.07) is 16.7. The van der Waals surface area contributed by atoms with Gasteiger partial charge in [0.2, 0.25) is 11.8 Å². The summed E-state index contributed by atoms with van der Waals surface area (Å²) in [6.45, 7) is -2.68. The number of alkyl halides is 2. The number of likely N-dealkylation sites (tertiary alicyclic amines) is 1. The molecule has 6 nitrogen and oxygen atoms in total. The number of halogens is 2. The zero-order chi connectivity index (χ0) is 21.8. The van der Waals surface area contributed by atoms with E-state index in [0.717, 1.165) is 11.3 Å². The smallest absolute Gasteiger partial charge is 0.387 e. The van der Waals surface area contributed by atoms with Crippen molar-refractivity contribution in [3.8, 4) is 11.4 Å². The van der Waals surface area contributed by atoms with Gasteiger partial charge in [0.05, 0.1) is 0 Å². The zero-order valence-corrected chi connectivity index (χ0v) is 16.6. The van der Waals surface area contributed by atoms with Crippen LogP contribution in [0.15, 0.2) is 73.1 Å². The van der Waals surface area contributed by atoms with Gasteiger partial charge < -0.3 is 19.5 Å². The quantitative estimate of drug-likeness (QED) is 0.617. The number of carbonyl (C=O) groups is 2. The van der Waals surface area contributed by atoms with Gasteiger partial charge in [-0.2, -0.15) is 8.78 Å². The van der Waals surface area contributed by atoms with Crippen LogP contribution in [0.3, 0.4) is 0 Å². The topological polar surface area (TPSA) is 63.6 Å². The Bertz CT molecular complexity index is 1050. The number of aromatic nitrogens is 1. The summed E-state index contributed by atoms with van der Waals surface area (Å²) in [5.41, 5.74) is 2.28. The number of hydrogen-bond donors (Lipinski definition) is 1. The van der Waals surface area contributed by atoms with E-state index in [2.05, 4.69) is 10.1 Å². The summed E-state index contributed by atoms with van der Waals surface area (Å²) in [5, 5.41) is 2.90. The number of rotatable bonds is 7. The van der Waals surface area contributed by atoms with Crippen molar-refractivity contribution in [2.75, 3.05) is 5.32 Å². The normalized spacial score (nSPS) is 16.0. The minimum Gasteiger partial charge on any atom is -0.435 e. The fourth-order valence-corrected chi connectivity index (χ4v) is 3.65. The highest BCUT2D eigenvalue weighted by Gasteiger charge is 2.36. The third kappa shape index (κ3) is 4.91. The van der Waals surface area contributed by atoms with Gasteiger partial charge in [-0.25, -0.2) is 0 Å². The monoisotopic (exact) mass is 425 g/mol. The molecule has 1 aromatic heterocycles. The number of anilines is 1. The standard InChI is InChI=1S/C23H21F2N3O3/c24-23(25)31-19-8-6-16(7-9-19)15-28-20(10-11-21(28)29)22(30)26-17-4-3-5-18(14-17)27-12-1-2-13-27/h1-9,12-14,20,23H,10-11,15H2,(H,26,30). The average Bonchev–Trinajstić information content (AvgIpc) is 3.40. The number of hydrogen-bond acceptors (Lipinski definition) is 3. The van der Waals surface area contributed by atoms with E-state index in [1.807, 2.05) is 47.3 Å². The van der Waals surface area contributed by atoms with Gasteiger partial charge in [-0.3, -0.25) is 9.59 Å². The molecule has 8 heteroatoms. The van der Waals surface area contributed by atoms with Crippen molar-refractivity contribution in [2.24, 2.45) is 0 Å². The molecule has 1 unspecified atom stereocenters. The van der Waals surface area contributed by atoms with E-state index in [0.29, 0.717) is 12.1 Å². The lowest BCUT2D eigenvalue weighted by Gasteiger charge is -2.24. The highest BCUT2D eigenvalue weighted by Crippen LogP contribution is 2.25. The largest absolute Gasteiger partial charge is 0.435 e. The van der Waals surface area contributed by atoms with Gasteiger partial charge in [-0.05, 0) is 54.4 Å². The van der Waals surface area contributed by atoms with E-state index < -0.39 is 12.7 Å². The van der Waals surface area contributed by atoms with E-state index in [-0.39, 0.29) is 30.5 Å². The number of carbonyl (C=O) groups excluding carboxylic acids is 2. The summed E-state index contributed by atoms with van der Waals surface area (Å²) in [5.74, 6) is -0.328. The molecule has 0 saturated carbocycles.